The Morgan fingerprint density at radius 1 is 0.917 bits per heavy atom. The van der Waals surface area contributed by atoms with Gasteiger partial charge in [0.2, 0.25) is 0 Å². The summed E-state index contributed by atoms with van der Waals surface area (Å²) in [5, 5.41) is 14.5. The van der Waals surface area contributed by atoms with Crippen LogP contribution in [-0.2, 0) is 6.54 Å². The minimum Gasteiger partial charge on any atom is -0.493 e. The molecule has 0 unspecified atom stereocenters. The van der Waals surface area contributed by atoms with Gasteiger partial charge in [-0.25, -0.2) is 4.79 Å². The number of carboxylic acids is 1. The maximum absolute atomic E-state index is 11.7. The van der Waals surface area contributed by atoms with Crippen LogP contribution in [0.3, 0.4) is 0 Å². The molecule has 1 N–H and O–H groups in total. The van der Waals surface area contributed by atoms with Crippen molar-refractivity contribution in [3.63, 3.8) is 0 Å². The van der Waals surface area contributed by atoms with Crippen molar-refractivity contribution in [2.75, 3.05) is 20.8 Å². The van der Waals surface area contributed by atoms with Crippen molar-refractivity contribution in [1.29, 1.82) is 0 Å². The SMILES string of the molecule is CCCCOc1ccc(C(=O)O)cc1-c1cc(-c2cccc(OC)c2OC)n(Cc2ccccc2)n1. The van der Waals surface area contributed by atoms with Crippen LogP contribution < -0.4 is 14.2 Å². The van der Waals surface area contributed by atoms with Gasteiger partial charge in [0, 0.05) is 11.1 Å². The standard InChI is InChI=1S/C29H30N2O5/c1-4-5-16-36-26-15-14-21(29(32)33)17-23(26)24-18-25(22-12-9-13-27(34-2)28(22)35-3)31(30-24)19-20-10-7-6-8-11-20/h6-15,17-18H,4-5,16,19H2,1-3H3,(H,32,33). The number of benzene rings is 3. The first kappa shape index (κ1) is 24.9. The smallest absolute Gasteiger partial charge is 0.335 e. The fraction of sp³-hybridized carbons (Fsp3) is 0.241. The molecule has 0 fully saturated rings. The molecule has 4 aromatic rings. The van der Waals surface area contributed by atoms with Gasteiger partial charge >= 0.3 is 5.97 Å². The Balaban J connectivity index is 1.89. The third kappa shape index (κ3) is 5.35. The number of rotatable bonds is 11. The first-order valence-corrected chi connectivity index (χ1v) is 11.9. The van der Waals surface area contributed by atoms with Crippen molar-refractivity contribution in [2.24, 2.45) is 0 Å². The molecule has 186 valence electrons. The van der Waals surface area contributed by atoms with Gasteiger partial charge in [0.15, 0.2) is 11.5 Å². The second-order valence-corrected chi connectivity index (χ2v) is 8.32. The van der Waals surface area contributed by atoms with Gasteiger partial charge in [-0.3, -0.25) is 4.68 Å². The highest BCUT2D eigenvalue weighted by molar-refractivity contribution is 5.90. The van der Waals surface area contributed by atoms with Crippen LogP contribution in [0.15, 0.2) is 72.8 Å². The van der Waals surface area contributed by atoms with Gasteiger partial charge in [-0.1, -0.05) is 49.7 Å². The number of aromatic carboxylic acids is 1. The number of aromatic nitrogens is 2. The van der Waals surface area contributed by atoms with Crippen LogP contribution in [0.1, 0.15) is 35.7 Å². The number of carboxylic acid groups (broad SMARTS) is 1. The zero-order valence-corrected chi connectivity index (χ0v) is 20.7. The van der Waals surface area contributed by atoms with Crippen molar-refractivity contribution in [1.82, 2.24) is 9.78 Å². The molecule has 0 bridgehead atoms. The summed E-state index contributed by atoms with van der Waals surface area (Å²) >= 11 is 0. The fourth-order valence-electron chi connectivity index (χ4n) is 4.05. The molecule has 0 aliphatic heterocycles. The Hall–Kier alpha value is -4.26. The molecular weight excluding hydrogens is 456 g/mol. The Bertz CT molecular complexity index is 1330. The van der Waals surface area contributed by atoms with E-state index in [1.54, 1.807) is 32.4 Å². The third-order valence-corrected chi connectivity index (χ3v) is 5.89. The summed E-state index contributed by atoms with van der Waals surface area (Å²) in [5.41, 5.74) is 4.11. The van der Waals surface area contributed by atoms with Gasteiger partial charge in [-0.05, 0) is 48.4 Å². The zero-order valence-electron chi connectivity index (χ0n) is 20.7. The van der Waals surface area contributed by atoms with E-state index >= 15 is 0 Å². The van der Waals surface area contributed by atoms with E-state index in [4.69, 9.17) is 19.3 Å². The lowest BCUT2D eigenvalue weighted by Crippen LogP contribution is -2.05. The predicted octanol–water partition coefficient (Wildman–Crippen LogP) is 6.16. The summed E-state index contributed by atoms with van der Waals surface area (Å²) in [7, 11) is 3.21. The van der Waals surface area contributed by atoms with Crippen molar-refractivity contribution in [2.45, 2.75) is 26.3 Å². The molecule has 1 heterocycles. The second kappa shape index (κ2) is 11.4. The maximum atomic E-state index is 11.7. The molecule has 0 atom stereocenters. The number of carbonyl (C=O) groups is 1. The third-order valence-electron chi connectivity index (χ3n) is 5.89. The molecule has 0 aliphatic rings. The van der Waals surface area contributed by atoms with E-state index in [1.165, 1.54) is 0 Å². The molecule has 0 spiro atoms. The van der Waals surface area contributed by atoms with E-state index in [9.17, 15) is 9.90 Å². The number of nitrogens with zero attached hydrogens (tertiary/aromatic N) is 2. The summed E-state index contributed by atoms with van der Waals surface area (Å²) in [6.45, 7) is 3.15. The number of hydrogen-bond donors (Lipinski definition) is 1. The first-order chi connectivity index (χ1) is 17.5. The average molecular weight is 487 g/mol. The molecule has 3 aromatic carbocycles. The van der Waals surface area contributed by atoms with Crippen molar-refractivity contribution < 1.29 is 24.1 Å². The number of unbranched alkanes of at least 4 members (excludes halogenated alkanes) is 1. The molecular formula is C29H30N2O5. The van der Waals surface area contributed by atoms with Crippen molar-refractivity contribution in [3.05, 3.63) is 83.9 Å². The molecule has 0 amide bonds. The summed E-state index contributed by atoms with van der Waals surface area (Å²) in [5.74, 6) is 0.802. The van der Waals surface area contributed by atoms with E-state index in [-0.39, 0.29) is 5.56 Å². The Morgan fingerprint density at radius 3 is 2.42 bits per heavy atom. The van der Waals surface area contributed by atoms with Crippen LogP contribution in [0, 0.1) is 0 Å². The fourth-order valence-corrected chi connectivity index (χ4v) is 4.05. The van der Waals surface area contributed by atoms with Gasteiger partial charge in [0.25, 0.3) is 0 Å². The molecule has 1 aromatic heterocycles. The highest BCUT2D eigenvalue weighted by atomic mass is 16.5. The lowest BCUT2D eigenvalue weighted by molar-refractivity contribution is 0.0697. The Morgan fingerprint density at radius 2 is 1.72 bits per heavy atom. The van der Waals surface area contributed by atoms with E-state index in [1.807, 2.05) is 59.3 Å². The summed E-state index contributed by atoms with van der Waals surface area (Å²) in [4.78, 5) is 11.7. The van der Waals surface area contributed by atoms with Crippen LogP contribution in [0.25, 0.3) is 22.5 Å². The minimum absolute atomic E-state index is 0.172. The predicted molar refractivity (Wildman–Crippen MR) is 139 cm³/mol. The zero-order chi connectivity index (χ0) is 25.5. The van der Waals surface area contributed by atoms with Crippen LogP contribution >= 0.6 is 0 Å². The average Bonchev–Trinajstić information content (AvgIpc) is 3.32. The summed E-state index contributed by atoms with van der Waals surface area (Å²) in [6.07, 6.45) is 1.89. The van der Waals surface area contributed by atoms with Gasteiger partial charge in [-0.2, -0.15) is 5.10 Å². The second-order valence-electron chi connectivity index (χ2n) is 8.32. The molecule has 0 radical (unpaired) electrons. The van der Waals surface area contributed by atoms with Crippen molar-refractivity contribution in [3.8, 4) is 39.8 Å². The van der Waals surface area contributed by atoms with E-state index in [2.05, 4.69) is 6.92 Å². The monoisotopic (exact) mass is 486 g/mol. The van der Waals surface area contributed by atoms with Crippen molar-refractivity contribution >= 4 is 5.97 Å². The van der Waals surface area contributed by atoms with E-state index in [0.717, 1.165) is 29.7 Å². The maximum Gasteiger partial charge on any atom is 0.335 e. The summed E-state index contributed by atoms with van der Waals surface area (Å²) in [6, 6.07) is 22.5. The number of ether oxygens (including phenoxy) is 3. The molecule has 7 heteroatoms. The molecule has 36 heavy (non-hydrogen) atoms. The molecule has 4 rings (SSSR count). The lowest BCUT2D eigenvalue weighted by Gasteiger charge is -2.14. The number of hydrogen-bond acceptors (Lipinski definition) is 5. The highest BCUT2D eigenvalue weighted by Crippen LogP contribution is 2.40. The quantitative estimate of drug-likeness (QED) is 0.256. The molecule has 7 nitrogen and oxygen atoms in total. The topological polar surface area (TPSA) is 82.8 Å². The Labute approximate surface area is 210 Å². The van der Waals surface area contributed by atoms with Crippen LogP contribution in [0.2, 0.25) is 0 Å². The van der Waals surface area contributed by atoms with Gasteiger partial charge in [0.05, 0.1) is 44.3 Å². The van der Waals surface area contributed by atoms with Gasteiger partial charge in [-0.15, -0.1) is 0 Å². The first-order valence-electron chi connectivity index (χ1n) is 11.9. The molecule has 0 saturated carbocycles. The molecule has 0 aliphatic carbocycles. The van der Waals surface area contributed by atoms with Crippen LogP contribution in [-0.4, -0.2) is 41.7 Å². The van der Waals surface area contributed by atoms with Gasteiger partial charge in [0.1, 0.15) is 5.75 Å². The van der Waals surface area contributed by atoms with E-state index in [0.29, 0.717) is 41.7 Å². The summed E-state index contributed by atoms with van der Waals surface area (Å²) < 4.78 is 19.2. The number of para-hydroxylation sites is 1. The van der Waals surface area contributed by atoms with Crippen LogP contribution in [0.4, 0.5) is 0 Å². The van der Waals surface area contributed by atoms with Gasteiger partial charge < -0.3 is 19.3 Å². The van der Waals surface area contributed by atoms with E-state index < -0.39 is 5.97 Å². The minimum atomic E-state index is -1.00. The normalized spacial score (nSPS) is 10.8. The largest absolute Gasteiger partial charge is 0.493 e. The number of methoxy groups -OCH3 is 2. The Kier molecular flexibility index (Phi) is 7.90. The lowest BCUT2D eigenvalue weighted by atomic mass is 10.0. The molecule has 0 saturated heterocycles. The highest BCUT2D eigenvalue weighted by Gasteiger charge is 2.21. The van der Waals surface area contributed by atoms with Crippen LogP contribution in [0.5, 0.6) is 17.2 Å².